The monoisotopic (exact) mass is 280 g/mol. The normalized spacial score (nSPS) is 13.2. The summed E-state index contributed by atoms with van der Waals surface area (Å²) in [6.45, 7) is 2.01. The van der Waals surface area contributed by atoms with Crippen LogP contribution in [0.1, 0.15) is 29.3 Å². The van der Waals surface area contributed by atoms with E-state index in [9.17, 15) is 5.11 Å². The van der Waals surface area contributed by atoms with Gasteiger partial charge in [0.1, 0.15) is 0 Å². The molecule has 1 atom stereocenters. The lowest BCUT2D eigenvalue weighted by Gasteiger charge is -2.06. The van der Waals surface area contributed by atoms with Crippen molar-refractivity contribution in [1.29, 1.82) is 0 Å². The molecule has 5 nitrogen and oxygen atoms in total. The van der Waals surface area contributed by atoms with E-state index >= 15 is 0 Å². The number of fused-ring (bicyclic) bond motifs is 1. The number of hydrogen-bond donors (Lipinski definition) is 1. The molecule has 0 fully saturated rings. The fourth-order valence-electron chi connectivity index (χ4n) is 1.88. The van der Waals surface area contributed by atoms with E-state index < -0.39 is 6.10 Å². The van der Waals surface area contributed by atoms with Gasteiger partial charge in [0.25, 0.3) is 0 Å². The highest BCUT2D eigenvalue weighted by atomic mass is 32.1. The SMILES string of the molecule is CCc1nnsc1C(O)Cc1cn2ccsc2n1. The lowest BCUT2D eigenvalue weighted by Crippen LogP contribution is -2.03. The van der Waals surface area contributed by atoms with Crippen molar-refractivity contribution in [3.8, 4) is 0 Å². The summed E-state index contributed by atoms with van der Waals surface area (Å²) < 4.78 is 5.87. The number of nitrogens with zero attached hydrogens (tertiary/aromatic N) is 4. The number of thiazole rings is 1. The molecule has 3 aromatic heterocycles. The molecule has 3 rings (SSSR count). The maximum atomic E-state index is 10.2. The van der Waals surface area contributed by atoms with E-state index in [4.69, 9.17) is 0 Å². The molecule has 1 N–H and O–H groups in total. The van der Waals surface area contributed by atoms with Crippen LogP contribution >= 0.6 is 22.9 Å². The number of rotatable bonds is 4. The third-order valence-corrected chi connectivity index (χ3v) is 4.41. The van der Waals surface area contributed by atoms with Gasteiger partial charge in [-0.2, -0.15) is 0 Å². The first kappa shape index (κ1) is 11.8. The van der Waals surface area contributed by atoms with Crippen LogP contribution in [0.5, 0.6) is 0 Å². The minimum absolute atomic E-state index is 0.505. The second-order valence-corrected chi connectivity index (χ2v) is 5.64. The molecular formula is C11H12N4OS2. The Kier molecular flexibility index (Phi) is 3.11. The van der Waals surface area contributed by atoms with Crippen molar-refractivity contribution in [3.05, 3.63) is 34.0 Å². The molecule has 0 spiro atoms. The van der Waals surface area contributed by atoms with Gasteiger partial charge in [-0.15, -0.1) is 16.4 Å². The number of aliphatic hydroxyl groups excluding tert-OH is 1. The van der Waals surface area contributed by atoms with Gasteiger partial charge < -0.3 is 5.11 Å². The van der Waals surface area contributed by atoms with E-state index in [1.165, 1.54) is 11.5 Å². The fraction of sp³-hybridized carbons (Fsp3) is 0.364. The van der Waals surface area contributed by atoms with Gasteiger partial charge in [0.05, 0.1) is 22.4 Å². The molecule has 0 aliphatic carbocycles. The lowest BCUT2D eigenvalue weighted by atomic mass is 10.1. The Labute approximate surface area is 112 Å². The predicted molar refractivity (Wildman–Crippen MR) is 71.0 cm³/mol. The summed E-state index contributed by atoms with van der Waals surface area (Å²) in [6.07, 6.45) is 4.65. The lowest BCUT2D eigenvalue weighted by molar-refractivity contribution is 0.180. The van der Waals surface area contributed by atoms with E-state index in [0.717, 1.165) is 27.6 Å². The van der Waals surface area contributed by atoms with Gasteiger partial charge in [-0.3, -0.25) is 4.40 Å². The van der Waals surface area contributed by atoms with Crippen molar-refractivity contribution >= 4 is 27.8 Å². The average Bonchev–Trinajstić information content (AvgIpc) is 3.02. The number of imidazole rings is 1. The molecule has 0 saturated heterocycles. The van der Waals surface area contributed by atoms with Gasteiger partial charge in [-0.1, -0.05) is 11.4 Å². The molecule has 0 radical (unpaired) electrons. The summed E-state index contributed by atoms with van der Waals surface area (Å²) in [4.78, 5) is 6.27. The molecule has 0 bridgehead atoms. The van der Waals surface area contributed by atoms with Crippen LogP contribution in [0.3, 0.4) is 0 Å². The third-order valence-electron chi connectivity index (χ3n) is 2.77. The molecule has 0 aliphatic rings. The molecule has 7 heteroatoms. The van der Waals surface area contributed by atoms with Crippen LogP contribution < -0.4 is 0 Å². The molecule has 0 amide bonds. The maximum Gasteiger partial charge on any atom is 0.193 e. The molecule has 18 heavy (non-hydrogen) atoms. The Morgan fingerprint density at radius 1 is 1.50 bits per heavy atom. The van der Waals surface area contributed by atoms with Crippen molar-refractivity contribution in [1.82, 2.24) is 19.0 Å². The Hall–Kier alpha value is -1.31. The number of aromatic nitrogens is 4. The molecule has 0 aliphatic heterocycles. The smallest absolute Gasteiger partial charge is 0.193 e. The molecule has 0 saturated carbocycles. The Morgan fingerprint density at radius 2 is 2.39 bits per heavy atom. The summed E-state index contributed by atoms with van der Waals surface area (Å²) in [6, 6.07) is 0. The Balaban J connectivity index is 1.82. The molecule has 0 aromatic carbocycles. The van der Waals surface area contributed by atoms with E-state index in [-0.39, 0.29) is 0 Å². The zero-order valence-electron chi connectivity index (χ0n) is 9.78. The number of aliphatic hydroxyl groups is 1. The number of hydrogen-bond acceptors (Lipinski definition) is 6. The molecule has 3 aromatic rings. The van der Waals surface area contributed by atoms with Crippen molar-refractivity contribution < 1.29 is 5.11 Å². The standard InChI is InChI=1S/C11H12N4OS2/c1-2-8-10(18-14-13-8)9(16)5-7-6-15-3-4-17-11(15)12-7/h3-4,6,9,16H,2,5H2,1H3. The molecule has 1 unspecified atom stereocenters. The molecule has 94 valence electrons. The van der Waals surface area contributed by atoms with E-state index in [0.29, 0.717) is 6.42 Å². The highest BCUT2D eigenvalue weighted by molar-refractivity contribution is 7.15. The van der Waals surface area contributed by atoms with Gasteiger partial charge in [0.2, 0.25) is 0 Å². The van der Waals surface area contributed by atoms with Crippen LogP contribution in [0.25, 0.3) is 4.96 Å². The van der Waals surface area contributed by atoms with E-state index in [1.54, 1.807) is 11.3 Å². The topological polar surface area (TPSA) is 63.3 Å². The molecular weight excluding hydrogens is 268 g/mol. The first-order valence-electron chi connectivity index (χ1n) is 5.68. The van der Waals surface area contributed by atoms with Crippen LogP contribution in [0, 0.1) is 0 Å². The van der Waals surface area contributed by atoms with Crippen molar-refractivity contribution in [2.75, 3.05) is 0 Å². The fourth-order valence-corrected chi connectivity index (χ4v) is 3.32. The van der Waals surface area contributed by atoms with Gasteiger partial charge in [-0.05, 0) is 18.0 Å². The summed E-state index contributed by atoms with van der Waals surface area (Å²) in [5, 5.41) is 16.2. The summed E-state index contributed by atoms with van der Waals surface area (Å²) >= 11 is 2.86. The van der Waals surface area contributed by atoms with Crippen LogP contribution in [0.4, 0.5) is 0 Å². The minimum atomic E-state index is -0.565. The van der Waals surface area contributed by atoms with Crippen LogP contribution in [0.15, 0.2) is 17.8 Å². The quantitative estimate of drug-likeness (QED) is 0.795. The van der Waals surface area contributed by atoms with Gasteiger partial charge >= 0.3 is 0 Å². The third kappa shape index (κ3) is 2.05. The summed E-state index contributed by atoms with van der Waals surface area (Å²) in [5.74, 6) is 0. The van der Waals surface area contributed by atoms with Gasteiger partial charge in [0.15, 0.2) is 4.96 Å². The molecule has 3 heterocycles. The van der Waals surface area contributed by atoms with Crippen molar-refractivity contribution in [2.45, 2.75) is 25.9 Å². The first-order chi connectivity index (χ1) is 8.78. The number of aryl methyl sites for hydroxylation is 1. The maximum absolute atomic E-state index is 10.2. The van der Waals surface area contributed by atoms with Gasteiger partial charge in [-0.25, -0.2) is 4.98 Å². The Bertz CT molecular complexity index is 628. The second kappa shape index (κ2) is 4.75. The van der Waals surface area contributed by atoms with Crippen molar-refractivity contribution in [2.24, 2.45) is 0 Å². The van der Waals surface area contributed by atoms with Crippen LogP contribution in [-0.4, -0.2) is 24.1 Å². The highest BCUT2D eigenvalue weighted by Gasteiger charge is 2.17. The average molecular weight is 280 g/mol. The zero-order chi connectivity index (χ0) is 12.5. The minimum Gasteiger partial charge on any atom is -0.387 e. The largest absolute Gasteiger partial charge is 0.387 e. The first-order valence-corrected chi connectivity index (χ1v) is 7.33. The van der Waals surface area contributed by atoms with E-state index in [1.807, 2.05) is 29.1 Å². The van der Waals surface area contributed by atoms with Crippen molar-refractivity contribution in [3.63, 3.8) is 0 Å². The van der Waals surface area contributed by atoms with Gasteiger partial charge in [0, 0.05) is 24.2 Å². The zero-order valence-corrected chi connectivity index (χ0v) is 11.4. The Morgan fingerprint density at radius 3 is 3.17 bits per heavy atom. The van der Waals surface area contributed by atoms with E-state index in [2.05, 4.69) is 14.6 Å². The summed E-state index contributed by atoms with van der Waals surface area (Å²) in [5.41, 5.74) is 1.78. The van der Waals surface area contributed by atoms with Crippen LogP contribution in [0.2, 0.25) is 0 Å². The predicted octanol–water partition coefficient (Wildman–Crippen LogP) is 2.09. The second-order valence-electron chi connectivity index (χ2n) is 3.98. The highest BCUT2D eigenvalue weighted by Crippen LogP contribution is 2.24. The van der Waals surface area contributed by atoms with Crippen LogP contribution in [-0.2, 0) is 12.8 Å². The summed E-state index contributed by atoms with van der Waals surface area (Å²) in [7, 11) is 0.